The van der Waals surface area contributed by atoms with Crippen molar-refractivity contribution in [1.82, 2.24) is 0 Å². The summed E-state index contributed by atoms with van der Waals surface area (Å²) in [6.07, 6.45) is 49.3. The van der Waals surface area contributed by atoms with Gasteiger partial charge in [0.1, 0.15) is 19.3 Å². The molecule has 19 heteroatoms. The standard InChI is InChI=1S/C70H132O17P2/c1-7-10-12-14-16-18-20-21-22-23-25-31-35-43-49-55-70(75)86-65(58-80-67(72)52-46-40-33-29-27-26-28-32-38-44-50-62(4)5)60-84-88(76,77)82-56-64(71)57-83-89(78,79)85-61-66(59-81-68(73)53-47-41-37-36-39-45-51-63(6)9-3)87-69(74)54-48-42-34-30-24-19-17-15-13-11-8-2/h18,20-22,62-66,71H,7-17,19,23-61H2,1-6H3,(H,76,77)(H,78,79)/b20-18-,22-21-/t63?,64-,65-,66-/m1/s1. The Bertz CT molecular complexity index is 1830. The molecule has 0 rings (SSSR count). The molecule has 0 aliphatic rings. The highest BCUT2D eigenvalue weighted by Crippen LogP contribution is 2.45. The molecule has 17 nitrogen and oxygen atoms in total. The molecule has 0 amide bonds. The Morgan fingerprint density at radius 1 is 0.371 bits per heavy atom. The summed E-state index contributed by atoms with van der Waals surface area (Å²) in [5.41, 5.74) is 0. The van der Waals surface area contributed by atoms with E-state index in [1.54, 1.807) is 0 Å². The molecule has 3 N–H and O–H groups in total. The van der Waals surface area contributed by atoms with Crippen molar-refractivity contribution in [3.8, 4) is 0 Å². The zero-order valence-corrected chi connectivity index (χ0v) is 59.0. The number of aliphatic hydroxyl groups excluding tert-OH is 1. The Kier molecular flexibility index (Phi) is 60.0. The smallest absolute Gasteiger partial charge is 0.462 e. The molecule has 0 aliphatic heterocycles. The van der Waals surface area contributed by atoms with Gasteiger partial charge in [-0.15, -0.1) is 0 Å². The lowest BCUT2D eigenvalue weighted by atomic mass is 10.00. The fourth-order valence-corrected chi connectivity index (χ4v) is 11.6. The van der Waals surface area contributed by atoms with Crippen LogP contribution in [0.5, 0.6) is 0 Å². The summed E-state index contributed by atoms with van der Waals surface area (Å²) in [4.78, 5) is 72.5. The molecule has 0 heterocycles. The number of phosphoric acid groups is 2. The average molecular weight is 1310 g/mol. The highest BCUT2D eigenvalue weighted by Gasteiger charge is 2.30. The van der Waals surface area contributed by atoms with E-state index < -0.39 is 97.5 Å². The molecular formula is C70H132O17P2. The number of carbonyl (C=O) groups is 4. The van der Waals surface area contributed by atoms with Crippen LogP contribution in [0.15, 0.2) is 24.3 Å². The Labute approximate surface area is 542 Å². The van der Waals surface area contributed by atoms with E-state index in [-0.39, 0.29) is 25.7 Å². The third-order valence-corrected chi connectivity index (χ3v) is 17.8. The molecular weight excluding hydrogens is 1170 g/mol. The number of esters is 4. The van der Waals surface area contributed by atoms with Gasteiger partial charge in [0.05, 0.1) is 26.4 Å². The second-order valence-corrected chi connectivity index (χ2v) is 28.2. The first kappa shape index (κ1) is 86.5. The van der Waals surface area contributed by atoms with E-state index in [2.05, 4.69) is 65.8 Å². The van der Waals surface area contributed by atoms with Gasteiger partial charge in [0.2, 0.25) is 0 Å². The lowest BCUT2D eigenvalue weighted by Crippen LogP contribution is -2.30. The first-order valence-electron chi connectivity index (χ1n) is 35.8. The van der Waals surface area contributed by atoms with Crippen LogP contribution in [0.25, 0.3) is 0 Å². The molecule has 0 bridgehead atoms. The molecule has 0 saturated heterocycles. The molecule has 524 valence electrons. The summed E-state index contributed by atoms with van der Waals surface area (Å²) in [6.45, 7) is 9.42. The molecule has 0 aromatic rings. The molecule has 0 spiro atoms. The number of allylic oxidation sites excluding steroid dienone is 4. The van der Waals surface area contributed by atoms with Gasteiger partial charge in [-0.1, -0.05) is 278 Å². The van der Waals surface area contributed by atoms with Gasteiger partial charge in [0, 0.05) is 25.7 Å². The molecule has 0 radical (unpaired) electrons. The van der Waals surface area contributed by atoms with Gasteiger partial charge >= 0.3 is 39.5 Å². The normalized spacial score (nSPS) is 14.6. The molecule has 0 saturated carbocycles. The predicted octanol–water partition coefficient (Wildman–Crippen LogP) is 19.5. The summed E-state index contributed by atoms with van der Waals surface area (Å²) in [5, 5.41) is 10.6. The van der Waals surface area contributed by atoms with Gasteiger partial charge in [-0.05, 0) is 63.2 Å². The van der Waals surface area contributed by atoms with Crippen LogP contribution in [-0.2, 0) is 65.4 Å². The number of rotatable bonds is 67. The fraction of sp³-hybridized carbons (Fsp3) is 0.886. The second-order valence-electron chi connectivity index (χ2n) is 25.3. The lowest BCUT2D eigenvalue weighted by molar-refractivity contribution is -0.161. The maximum Gasteiger partial charge on any atom is 0.472 e. The van der Waals surface area contributed by atoms with Crippen molar-refractivity contribution in [2.75, 3.05) is 39.6 Å². The van der Waals surface area contributed by atoms with Crippen LogP contribution in [-0.4, -0.2) is 96.7 Å². The summed E-state index contributed by atoms with van der Waals surface area (Å²) in [5.74, 6) is -0.670. The second kappa shape index (κ2) is 61.7. The van der Waals surface area contributed by atoms with E-state index in [0.29, 0.717) is 25.7 Å². The van der Waals surface area contributed by atoms with Crippen LogP contribution in [0.3, 0.4) is 0 Å². The van der Waals surface area contributed by atoms with Crippen LogP contribution in [0.4, 0.5) is 0 Å². The zero-order valence-electron chi connectivity index (χ0n) is 57.2. The monoisotopic (exact) mass is 1310 g/mol. The van der Waals surface area contributed by atoms with Gasteiger partial charge in [0.15, 0.2) is 12.2 Å². The third kappa shape index (κ3) is 62.7. The number of phosphoric ester groups is 2. The van der Waals surface area contributed by atoms with Crippen molar-refractivity contribution in [2.24, 2.45) is 11.8 Å². The lowest BCUT2D eigenvalue weighted by Gasteiger charge is -2.21. The number of carbonyl (C=O) groups excluding carboxylic acids is 4. The fourth-order valence-electron chi connectivity index (χ4n) is 10.0. The number of ether oxygens (including phenoxy) is 4. The number of hydrogen-bond acceptors (Lipinski definition) is 15. The quantitative estimate of drug-likeness (QED) is 0.0169. The Morgan fingerprint density at radius 2 is 0.663 bits per heavy atom. The van der Waals surface area contributed by atoms with E-state index in [1.807, 2.05) is 0 Å². The summed E-state index contributed by atoms with van der Waals surface area (Å²) < 4.78 is 68.2. The minimum absolute atomic E-state index is 0.0846. The van der Waals surface area contributed by atoms with E-state index >= 15 is 0 Å². The summed E-state index contributed by atoms with van der Waals surface area (Å²) in [7, 11) is -9.91. The van der Waals surface area contributed by atoms with Crippen molar-refractivity contribution >= 4 is 39.5 Å². The Hall–Kier alpha value is -2.46. The number of unbranched alkanes of at least 4 members (excludes halogenated alkanes) is 33. The minimum atomic E-state index is -4.96. The summed E-state index contributed by atoms with van der Waals surface area (Å²) >= 11 is 0. The molecule has 0 aromatic carbocycles. The van der Waals surface area contributed by atoms with Gasteiger partial charge in [-0.3, -0.25) is 37.3 Å². The van der Waals surface area contributed by atoms with Crippen LogP contribution in [0, 0.1) is 11.8 Å². The maximum absolute atomic E-state index is 13.0. The molecule has 6 atom stereocenters. The number of hydrogen-bond donors (Lipinski definition) is 3. The minimum Gasteiger partial charge on any atom is -0.462 e. The molecule has 89 heavy (non-hydrogen) atoms. The Morgan fingerprint density at radius 3 is 1.01 bits per heavy atom. The zero-order chi connectivity index (χ0) is 65.7. The van der Waals surface area contributed by atoms with Gasteiger partial charge < -0.3 is 33.8 Å². The van der Waals surface area contributed by atoms with Crippen molar-refractivity contribution in [1.29, 1.82) is 0 Å². The average Bonchev–Trinajstić information content (AvgIpc) is 3.72. The van der Waals surface area contributed by atoms with Gasteiger partial charge in [-0.2, -0.15) is 0 Å². The highest BCUT2D eigenvalue weighted by atomic mass is 31.2. The van der Waals surface area contributed by atoms with Crippen LogP contribution in [0.1, 0.15) is 330 Å². The van der Waals surface area contributed by atoms with Gasteiger partial charge in [0.25, 0.3) is 0 Å². The Balaban J connectivity index is 5.29. The van der Waals surface area contributed by atoms with Crippen molar-refractivity contribution in [3.63, 3.8) is 0 Å². The van der Waals surface area contributed by atoms with E-state index in [4.69, 9.17) is 37.0 Å². The molecule has 0 aliphatic carbocycles. The number of aliphatic hydroxyl groups is 1. The van der Waals surface area contributed by atoms with Crippen molar-refractivity contribution < 1.29 is 80.2 Å². The van der Waals surface area contributed by atoms with Crippen LogP contribution in [0.2, 0.25) is 0 Å². The third-order valence-electron chi connectivity index (χ3n) is 15.9. The van der Waals surface area contributed by atoms with Gasteiger partial charge in [-0.25, -0.2) is 9.13 Å². The van der Waals surface area contributed by atoms with Crippen molar-refractivity contribution in [2.45, 2.75) is 349 Å². The van der Waals surface area contributed by atoms with E-state index in [0.717, 1.165) is 121 Å². The molecule has 0 fully saturated rings. The highest BCUT2D eigenvalue weighted by molar-refractivity contribution is 7.47. The van der Waals surface area contributed by atoms with Crippen LogP contribution >= 0.6 is 15.6 Å². The molecule has 0 aromatic heterocycles. The SMILES string of the molecule is CCCCCC/C=C\C=C/CCCCCCCC(=O)O[C@H](COC(=O)CCCCCCCCCCCCC(C)C)COP(=O)(O)OC[C@@H](O)COP(=O)(O)OC[C@@H](COC(=O)CCCCCCCCC(C)CC)OC(=O)CCCCCCCCCCCCC. The van der Waals surface area contributed by atoms with E-state index in [1.165, 1.54) is 128 Å². The van der Waals surface area contributed by atoms with E-state index in [9.17, 15) is 43.2 Å². The predicted molar refractivity (Wildman–Crippen MR) is 358 cm³/mol. The largest absolute Gasteiger partial charge is 0.472 e. The summed E-state index contributed by atoms with van der Waals surface area (Å²) in [6, 6.07) is 0. The first-order valence-corrected chi connectivity index (χ1v) is 38.8. The molecule has 3 unspecified atom stereocenters. The van der Waals surface area contributed by atoms with Crippen molar-refractivity contribution in [3.05, 3.63) is 24.3 Å². The topological polar surface area (TPSA) is 237 Å². The maximum atomic E-state index is 13.0. The van der Waals surface area contributed by atoms with Crippen LogP contribution < -0.4 is 0 Å². The first-order chi connectivity index (χ1) is 42.9.